The average Bonchev–Trinajstić information content (AvgIpc) is 3.63. The summed E-state index contributed by atoms with van der Waals surface area (Å²) in [5.74, 6) is 2.77. The molecule has 2 aromatic carbocycles. The molecule has 0 unspecified atom stereocenters. The molecule has 234 valence electrons. The van der Waals surface area contributed by atoms with Crippen LogP contribution < -0.4 is 15.2 Å². The van der Waals surface area contributed by atoms with Gasteiger partial charge in [0.05, 0.1) is 36.9 Å². The number of benzene rings is 2. The lowest BCUT2D eigenvalue weighted by atomic mass is 10.0. The number of carbonyl (C=O) groups is 1. The number of alkyl halides is 1. The number of hydrogen-bond acceptors (Lipinski definition) is 7. The van der Waals surface area contributed by atoms with Crippen LogP contribution in [-0.4, -0.2) is 91.1 Å². The number of carbonyl (C=O) groups excluding carboxylic acids is 1. The van der Waals surface area contributed by atoms with Crippen molar-refractivity contribution in [1.82, 2.24) is 14.4 Å². The molecular weight excluding hydrogens is 563 g/mol. The van der Waals surface area contributed by atoms with Crippen molar-refractivity contribution >= 4 is 27.8 Å². The normalized spacial score (nSPS) is 21.2. The molecule has 4 aromatic rings. The van der Waals surface area contributed by atoms with Crippen molar-refractivity contribution in [2.24, 2.45) is 17.6 Å². The molecule has 3 fully saturated rings. The highest BCUT2D eigenvalue weighted by Crippen LogP contribution is 2.44. The number of furan rings is 1. The number of methoxy groups -OCH3 is 1. The van der Waals surface area contributed by atoms with Gasteiger partial charge in [-0.15, -0.1) is 0 Å². The van der Waals surface area contributed by atoms with Gasteiger partial charge in [-0.25, -0.2) is 4.39 Å². The fraction of sp³-hybridized carbons (Fsp3) is 0.500. The maximum absolute atomic E-state index is 14.3. The molecule has 2 atom stereocenters. The first-order valence-corrected chi connectivity index (χ1v) is 15.7. The Balaban J connectivity index is 1.33. The highest BCUT2D eigenvalue weighted by atomic mass is 19.1. The second-order valence-corrected chi connectivity index (χ2v) is 12.9. The third-order valence-electron chi connectivity index (χ3n) is 9.27. The van der Waals surface area contributed by atoms with E-state index in [-0.39, 0.29) is 25.5 Å². The monoisotopic (exact) mass is 604 g/mol. The molecule has 1 aliphatic carbocycles. The first-order valence-electron chi connectivity index (χ1n) is 15.7. The average molecular weight is 605 g/mol. The summed E-state index contributed by atoms with van der Waals surface area (Å²) in [6.07, 6.45) is 1.80. The van der Waals surface area contributed by atoms with E-state index in [4.69, 9.17) is 19.6 Å². The zero-order valence-corrected chi connectivity index (χ0v) is 25.4. The Morgan fingerprint density at radius 1 is 1.11 bits per heavy atom. The number of amides is 1. The highest BCUT2D eigenvalue weighted by Gasteiger charge is 2.32. The standard InChI is InChI=1S/C34H41FN4O5/c1-37-14-21(15-37)19-43-28-5-3-4-22-10-27(39(32(22)28)16-20-6-7-20)33-26(8-9-40)31-29(42-2)11-23(12-30(31)44-33)34(41)38-17-24(35)13-25(36)18-38/h3-5,10-12,20-21,24-25,40H,6-9,13-19,36H2,1-2H3/t24-,25-/m1/s1. The number of para-hydroxylation sites is 1. The largest absolute Gasteiger partial charge is 0.496 e. The van der Waals surface area contributed by atoms with Crippen LogP contribution in [0.5, 0.6) is 11.5 Å². The van der Waals surface area contributed by atoms with Crippen molar-refractivity contribution in [1.29, 1.82) is 0 Å². The number of rotatable bonds is 10. The molecule has 10 heteroatoms. The molecule has 3 aliphatic rings. The lowest BCUT2D eigenvalue weighted by Gasteiger charge is -2.35. The molecule has 2 saturated heterocycles. The number of nitrogens with zero attached hydrogens (tertiary/aromatic N) is 3. The van der Waals surface area contributed by atoms with Crippen LogP contribution in [-0.2, 0) is 13.0 Å². The first-order chi connectivity index (χ1) is 21.3. The minimum absolute atomic E-state index is 0.00910. The van der Waals surface area contributed by atoms with Crippen molar-refractivity contribution in [3.05, 3.63) is 47.5 Å². The van der Waals surface area contributed by atoms with Gasteiger partial charge in [0.15, 0.2) is 5.76 Å². The Bertz CT molecular complexity index is 1680. The number of halogens is 1. The van der Waals surface area contributed by atoms with Crippen LogP contribution in [0.1, 0.15) is 35.2 Å². The molecule has 2 aromatic heterocycles. The number of hydrogen-bond donors (Lipinski definition) is 2. The highest BCUT2D eigenvalue weighted by molar-refractivity contribution is 6.02. The second kappa shape index (κ2) is 11.7. The fourth-order valence-corrected chi connectivity index (χ4v) is 7.00. The number of piperidine rings is 1. The number of aliphatic hydroxyl groups excluding tert-OH is 1. The van der Waals surface area contributed by atoms with Crippen LogP contribution in [0.4, 0.5) is 4.39 Å². The number of aliphatic hydroxyl groups is 1. The van der Waals surface area contributed by atoms with Gasteiger partial charge in [-0.2, -0.15) is 0 Å². The Labute approximate surface area is 256 Å². The van der Waals surface area contributed by atoms with Gasteiger partial charge < -0.3 is 39.1 Å². The maximum atomic E-state index is 14.3. The van der Waals surface area contributed by atoms with Gasteiger partial charge in [0, 0.05) is 67.7 Å². The number of aromatic nitrogens is 1. The Hall–Kier alpha value is -3.60. The molecule has 9 nitrogen and oxygen atoms in total. The van der Waals surface area contributed by atoms with Gasteiger partial charge in [0.1, 0.15) is 23.3 Å². The molecule has 3 N–H and O–H groups in total. The summed E-state index contributed by atoms with van der Waals surface area (Å²) in [6, 6.07) is 11.3. The molecule has 1 amide bonds. The molecule has 1 saturated carbocycles. The van der Waals surface area contributed by atoms with Gasteiger partial charge in [-0.1, -0.05) is 12.1 Å². The predicted molar refractivity (Wildman–Crippen MR) is 167 cm³/mol. The zero-order valence-electron chi connectivity index (χ0n) is 25.4. The lowest BCUT2D eigenvalue weighted by Crippen LogP contribution is -2.50. The van der Waals surface area contributed by atoms with E-state index in [0.29, 0.717) is 54.1 Å². The molecule has 4 heterocycles. The predicted octanol–water partition coefficient (Wildman–Crippen LogP) is 4.46. The van der Waals surface area contributed by atoms with Crippen molar-refractivity contribution in [2.45, 2.75) is 44.4 Å². The van der Waals surface area contributed by atoms with Gasteiger partial charge in [-0.05, 0) is 56.5 Å². The van der Waals surface area contributed by atoms with E-state index in [2.05, 4.69) is 28.6 Å². The van der Waals surface area contributed by atoms with Gasteiger partial charge in [-0.3, -0.25) is 4.79 Å². The van der Waals surface area contributed by atoms with Gasteiger partial charge in [0.25, 0.3) is 5.91 Å². The van der Waals surface area contributed by atoms with E-state index in [0.717, 1.165) is 52.9 Å². The van der Waals surface area contributed by atoms with E-state index in [1.807, 2.05) is 12.1 Å². The van der Waals surface area contributed by atoms with Crippen LogP contribution in [0.25, 0.3) is 33.3 Å². The first kappa shape index (κ1) is 29.1. The Morgan fingerprint density at radius 3 is 2.64 bits per heavy atom. The number of likely N-dealkylation sites (tertiary alicyclic amines) is 2. The molecule has 44 heavy (non-hydrogen) atoms. The van der Waals surface area contributed by atoms with Crippen molar-refractivity contribution in [3.8, 4) is 23.0 Å². The number of ether oxygens (including phenoxy) is 2. The van der Waals surface area contributed by atoms with Crippen molar-refractivity contribution in [2.75, 3.05) is 53.6 Å². The Kier molecular flexibility index (Phi) is 7.76. The minimum Gasteiger partial charge on any atom is -0.496 e. The van der Waals surface area contributed by atoms with E-state index >= 15 is 0 Å². The number of nitrogens with two attached hydrogens (primary N) is 1. The smallest absolute Gasteiger partial charge is 0.254 e. The van der Waals surface area contributed by atoms with Crippen LogP contribution in [0, 0.1) is 11.8 Å². The van der Waals surface area contributed by atoms with Crippen LogP contribution in [0.2, 0.25) is 0 Å². The summed E-state index contributed by atoms with van der Waals surface area (Å²) >= 11 is 0. The maximum Gasteiger partial charge on any atom is 0.254 e. The minimum atomic E-state index is -1.16. The van der Waals surface area contributed by atoms with Gasteiger partial charge in [0.2, 0.25) is 0 Å². The van der Waals surface area contributed by atoms with E-state index in [9.17, 15) is 14.3 Å². The Morgan fingerprint density at radius 2 is 1.93 bits per heavy atom. The molecule has 2 aliphatic heterocycles. The topological polar surface area (TPSA) is 106 Å². The summed E-state index contributed by atoms with van der Waals surface area (Å²) < 4.78 is 35.5. The summed E-state index contributed by atoms with van der Waals surface area (Å²) in [5, 5.41) is 11.9. The third kappa shape index (κ3) is 5.44. The molecule has 0 radical (unpaired) electrons. The summed E-state index contributed by atoms with van der Waals surface area (Å²) in [4.78, 5) is 17.3. The van der Waals surface area contributed by atoms with Crippen LogP contribution >= 0.6 is 0 Å². The summed E-state index contributed by atoms with van der Waals surface area (Å²) in [6.45, 7) is 3.81. The second-order valence-electron chi connectivity index (χ2n) is 12.9. The molecule has 0 bridgehead atoms. The zero-order chi connectivity index (χ0) is 30.5. The number of fused-ring (bicyclic) bond motifs is 2. The fourth-order valence-electron chi connectivity index (χ4n) is 7.00. The molecular formula is C34H41FN4O5. The van der Waals surface area contributed by atoms with Crippen molar-refractivity contribution in [3.63, 3.8) is 0 Å². The molecule has 0 spiro atoms. The lowest BCUT2D eigenvalue weighted by molar-refractivity contribution is 0.0606. The third-order valence-corrected chi connectivity index (χ3v) is 9.27. The van der Waals surface area contributed by atoms with E-state index in [1.54, 1.807) is 19.2 Å². The van der Waals surface area contributed by atoms with Gasteiger partial charge >= 0.3 is 0 Å². The quantitative estimate of drug-likeness (QED) is 0.275. The van der Waals surface area contributed by atoms with Crippen molar-refractivity contribution < 1.29 is 28.2 Å². The summed E-state index contributed by atoms with van der Waals surface area (Å²) in [7, 11) is 3.68. The van der Waals surface area contributed by atoms with E-state index in [1.165, 1.54) is 17.7 Å². The molecule has 7 rings (SSSR count). The SMILES string of the molecule is COc1cc(C(=O)N2C[C@H](N)C[C@@H](F)C2)cc2oc(-c3cc4cccc(OCC5CN(C)C5)c4n3CC3CC3)c(CCO)c12. The van der Waals surface area contributed by atoms with Crippen LogP contribution in [0.3, 0.4) is 0 Å². The summed E-state index contributed by atoms with van der Waals surface area (Å²) in [5.41, 5.74) is 9.63. The van der Waals surface area contributed by atoms with E-state index < -0.39 is 12.2 Å². The van der Waals surface area contributed by atoms with Crippen LogP contribution in [0.15, 0.2) is 40.8 Å².